The zero-order chi connectivity index (χ0) is 47.7. The highest BCUT2D eigenvalue weighted by Crippen LogP contribution is 2.19. The number of rotatable bonds is 58. The lowest BCUT2D eigenvalue weighted by Crippen LogP contribution is -2.45. The molecule has 66 heavy (non-hydrogen) atoms. The summed E-state index contributed by atoms with van der Waals surface area (Å²) in [5, 5.41) is 23.4. The van der Waals surface area contributed by atoms with Gasteiger partial charge in [-0.3, -0.25) is 4.79 Å². The van der Waals surface area contributed by atoms with E-state index in [1.807, 2.05) is 0 Å². The number of nitrogens with one attached hydrogen (secondary N) is 1. The Morgan fingerprint density at radius 2 is 0.576 bits per heavy atom. The van der Waals surface area contributed by atoms with Gasteiger partial charge in [0.15, 0.2) is 0 Å². The molecule has 0 saturated heterocycles. The Morgan fingerprint density at radius 3 is 0.833 bits per heavy atom. The van der Waals surface area contributed by atoms with Crippen LogP contribution in [0.15, 0.2) is 12.2 Å². The maximum atomic E-state index is 12.5. The molecule has 0 aromatic heterocycles. The van der Waals surface area contributed by atoms with E-state index < -0.39 is 12.1 Å². The Bertz CT molecular complexity index is 921. The second-order valence-electron chi connectivity index (χ2n) is 21.5. The number of allylic oxidation sites excluding steroid dienone is 2. The summed E-state index contributed by atoms with van der Waals surface area (Å²) in [6.07, 6.45) is 76.6. The van der Waals surface area contributed by atoms with Crippen molar-refractivity contribution in [1.82, 2.24) is 5.32 Å². The fourth-order valence-corrected chi connectivity index (χ4v) is 10.1. The van der Waals surface area contributed by atoms with Crippen LogP contribution in [0, 0.1) is 0 Å². The normalized spacial score (nSPS) is 12.7. The lowest BCUT2D eigenvalue weighted by molar-refractivity contribution is -0.123. The van der Waals surface area contributed by atoms with E-state index >= 15 is 0 Å². The van der Waals surface area contributed by atoms with Crippen molar-refractivity contribution in [1.29, 1.82) is 0 Å². The molecule has 0 aromatic rings. The van der Waals surface area contributed by atoms with Crippen molar-refractivity contribution in [3.63, 3.8) is 0 Å². The van der Waals surface area contributed by atoms with Gasteiger partial charge in [-0.05, 0) is 38.5 Å². The quantitative estimate of drug-likeness (QED) is 0.0420. The molecule has 1 amide bonds. The molecule has 0 spiro atoms. The van der Waals surface area contributed by atoms with E-state index in [0.29, 0.717) is 12.8 Å². The summed E-state index contributed by atoms with van der Waals surface area (Å²) in [4.78, 5) is 12.5. The van der Waals surface area contributed by atoms with Crippen molar-refractivity contribution < 1.29 is 15.0 Å². The van der Waals surface area contributed by atoms with Crippen LogP contribution in [0.5, 0.6) is 0 Å². The highest BCUT2D eigenvalue weighted by Gasteiger charge is 2.20. The molecule has 394 valence electrons. The van der Waals surface area contributed by atoms with E-state index in [1.165, 1.54) is 308 Å². The number of unbranched alkanes of at least 4 members (excludes halogenated alkanes) is 49. The average Bonchev–Trinajstić information content (AvgIpc) is 3.32. The van der Waals surface area contributed by atoms with Crippen LogP contribution >= 0.6 is 0 Å². The largest absolute Gasteiger partial charge is 0.394 e. The molecular formula is C62H123NO3. The van der Waals surface area contributed by atoms with E-state index in [9.17, 15) is 15.0 Å². The lowest BCUT2D eigenvalue weighted by Gasteiger charge is -2.22. The summed E-state index contributed by atoms with van der Waals surface area (Å²) >= 11 is 0. The van der Waals surface area contributed by atoms with Gasteiger partial charge in [-0.1, -0.05) is 328 Å². The van der Waals surface area contributed by atoms with E-state index in [0.717, 1.165) is 25.7 Å². The summed E-state index contributed by atoms with van der Waals surface area (Å²) in [5.41, 5.74) is 0. The number of amides is 1. The van der Waals surface area contributed by atoms with Crippen LogP contribution in [0.3, 0.4) is 0 Å². The van der Waals surface area contributed by atoms with Gasteiger partial charge in [-0.25, -0.2) is 0 Å². The van der Waals surface area contributed by atoms with Gasteiger partial charge in [-0.2, -0.15) is 0 Å². The molecule has 0 bridgehead atoms. The summed E-state index contributed by atoms with van der Waals surface area (Å²) in [6, 6.07) is -0.534. The molecule has 0 aromatic carbocycles. The van der Waals surface area contributed by atoms with Crippen molar-refractivity contribution in [3.8, 4) is 0 Å². The number of aliphatic hydroxyl groups is 2. The predicted octanol–water partition coefficient (Wildman–Crippen LogP) is 20.5. The van der Waals surface area contributed by atoms with Gasteiger partial charge in [0, 0.05) is 6.42 Å². The number of carbonyl (C=O) groups is 1. The Labute approximate surface area is 416 Å². The second kappa shape index (κ2) is 58.4. The van der Waals surface area contributed by atoms with Gasteiger partial charge < -0.3 is 15.5 Å². The molecule has 2 atom stereocenters. The van der Waals surface area contributed by atoms with Crippen LogP contribution in [0.1, 0.15) is 361 Å². The molecule has 0 rings (SSSR count). The monoisotopic (exact) mass is 930 g/mol. The van der Waals surface area contributed by atoms with Crippen molar-refractivity contribution in [3.05, 3.63) is 12.2 Å². The third-order valence-corrected chi connectivity index (χ3v) is 14.8. The van der Waals surface area contributed by atoms with Crippen LogP contribution < -0.4 is 5.32 Å². The first-order valence-corrected chi connectivity index (χ1v) is 30.9. The van der Waals surface area contributed by atoms with Gasteiger partial charge >= 0.3 is 0 Å². The minimum atomic E-state index is -0.657. The first kappa shape index (κ1) is 65.1. The minimum Gasteiger partial charge on any atom is -0.394 e. The van der Waals surface area contributed by atoms with Crippen LogP contribution in [0.25, 0.3) is 0 Å². The van der Waals surface area contributed by atoms with E-state index in [-0.39, 0.29) is 12.5 Å². The molecular weight excluding hydrogens is 807 g/mol. The third kappa shape index (κ3) is 54.1. The van der Waals surface area contributed by atoms with Crippen molar-refractivity contribution in [2.45, 2.75) is 373 Å². The molecule has 4 nitrogen and oxygen atoms in total. The van der Waals surface area contributed by atoms with E-state index in [1.54, 1.807) is 0 Å². The fourth-order valence-electron chi connectivity index (χ4n) is 10.1. The topological polar surface area (TPSA) is 69.6 Å². The number of hydrogen-bond donors (Lipinski definition) is 3. The Morgan fingerprint density at radius 1 is 0.348 bits per heavy atom. The lowest BCUT2D eigenvalue weighted by atomic mass is 10.0. The highest BCUT2D eigenvalue weighted by molar-refractivity contribution is 5.76. The third-order valence-electron chi connectivity index (χ3n) is 14.8. The maximum Gasteiger partial charge on any atom is 0.220 e. The summed E-state index contributed by atoms with van der Waals surface area (Å²) < 4.78 is 0. The summed E-state index contributed by atoms with van der Waals surface area (Å²) in [6.45, 7) is 4.41. The minimum absolute atomic E-state index is 0.0231. The van der Waals surface area contributed by atoms with Gasteiger partial charge in [0.2, 0.25) is 5.91 Å². The molecule has 2 unspecified atom stereocenters. The molecule has 0 fully saturated rings. The first-order chi connectivity index (χ1) is 32.7. The molecule has 3 N–H and O–H groups in total. The van der Waals surface area contributed by atoms with Gasteiger partial charge in [-0.15, -0.1) is 0 Å². The van der Waals surface area contributed by atoms with Gasteiger partial charge in [0.1, 0.15) is 0 Å². The SMILES string of the molecule is CCCCCCCCCCCCCC/C=C\CCCCCCCCCCCCCCCCCC(=O)NC(CO)C(O)CCCCCCCCCCCCCCCCCCCCCCCCC. The maximum absolute atomic E-state index is 12.5. The molecule has 0 saturated carbocycles. The van der Waals surface area contributed by atoms with E-state index in [2.05, 4.69) is 31.3 Å². The smallest absolute Gasteiger partial charge is 0.220 e. The zero-order valence-corrected chi connectivity index (χ0v) is 45.5. The molecule has 0 aliphatic rings. The molecule has 0 aliphatic carbocycles. The number of carbonyl (C=O) groups excluding carboxylic acids is 1. The first-order valence-electron chi connectivity index (χ1n) is 30.9. The Hall–Kier alpha value is -0.870. The standard InChI is InChI=1S/C62H123NO3/c1-3-5-7-9-11-13-15-17-19-21-23-25-27-28-29-30-31-32-33-34-36-38-40-42-44-46-48-50-52-54-56-58-62(66)63-60(59-64)61(65)57-55-53-51-49-47-45-43-41-39-37-35-26-24-22-20-18-16-14-12-10-8-6-4-2/h28-29,60-61,64-65H,3-27,30-59H2,1-2H3,(H,63,66)/b29-28-. The molecule has 0 radical (unpaired) electrons. The molecule has 4 heteroatoms. The zero-order valence-electron chi connectivity index (χ0n) is 45.5. The van der Waals surface area contributed by atoms with Crippen LogP contribution in [-0.4, -0.2) is 34.9 Å². The number of hydrogen-bond acceptors (Lipinski definition) is 3. The molecule has 0 aliphatic heterocycles. The summed E-state index contributed by atoms with van der Waals surface area (Å²) in [5.74, 6) is -0.0231. The fraction of sp³-hybridized carbons (Fsp3) is 0.952. The van der Waals surface area contributed by atoms with Crippen molar-refractivity contribution in [2.24, 2.45) is 0 Å². The predicted molar refractivity (Wildman–Crippen MR) is 295 cm³/mol. The van der Waals surface area contributed by atoms with Crippen molar-refractivity contribution in [2.75, 3.05) is 6.61 Å². The van der Waals surface area contributed by atoms with Gasteiger partial charge in [0.25, 0.3) is 0 Å². The highest BCUT2D eigenvalue weighted by atomic mass is 16.3. The van der Waals surface area contributed by atoms with Gasteiger partial charge in [0.05, 0.1) is 18.8 Å². The average molecular weight is 931 g/mol. The van der Waals surface area contributed by atoms with E-state index in [4.69, 9.17) is 0 Å². The van der Waals surface area contributed by atoms with Crippen LogP contribution in [0.2, 0.25) is 0 Å². The Balaban J connectivity index is 3.40. The number of aliphatic hydroxyl groups excluding tert-OH is 2. The molecule has 0 heterocycles. The van der Waals surface area contributed by atoms with Crippen LogP contribution in [0.4, 0.5) is 0 Å². The van der Waals surface area contributed by atoms with Crippen LogP contribution in [-0.2, 0) is 4.79 Å². The second-order valence-corrected chi connectivity index (χ2v) is 21.5. The van der Waals surface area contributed by atoms with Crippen molar-refractivity contribution >= 4 is 5.91 Å². The Kier molecular flexibility index (Phi) is 57.7. The summed E-state index contributed by atoms with van der Waals surface area (Å²) in [7, 11) is 0.